The molecule has 3 rings (SSSR count). The lowest BCUT2D eigenvalue weighted by Gasteiger charge is -2.05. The highest BCUT2D eigenvalue weighted by Gasteiger charge is 2.23. The van der Waals surface area contributed by atoms with Gasteiger partial charge in [-0.15, -0.1) is 0 Å². The predicted molar refractivity (Wildman–Crippen MR) is 69.7 cm³/mol. The van der Waals surface area contributed by atoms with Gasteiger partial charge in [-0.05, 0) is 42.5 Å². The fraction of sp³-hybridized carbons (Fsp3) is 0.200. The van der Waals surface area contributed by atoms with Crippen LogP contribution in [-0.4, -0.2) is 16.1 Å². The zero-order valence-corrected chi connectivity index (χ0v) is 10.2. The topological polar surface area (TPSA) is 59.4 Å². The minimum Gasteiger partial charge on any atom is -0.478 e. The maximum atomic E-state index is 10.7. The third kappa shape index (κ3) is 2.73. The van der Waals surface area contributed by atoms with Crippen LogP contribution in [0.3, 0.4) is 0 Å². The first kappa shape index (κ1) is 11.7. The molecule has 0 radical (unpaired) electrons. The van der Waals surface area contributed by atoms with Crippen LogP contribution in [0.1, 0.15) is 34.7 Å². The van der Waals surface area contributed by atoms with E-state index in [0.717, 1.165) is 5.92 Å². The van der Waals surface area contributed by atoms with E-state index in [4.69, 9.17) is 9.84 Å². The lowest BCUT2D eigenvalue weighted by atomic mass is 10.1. The Kier molecular flexibility index (Phi) is 2.91. The van der Waals surface area contributed by atoms with Crippen LogP contribution < -0.4 is 4.74 Å². The number of aromatic nitrogens is 1. The highest BCUT2D eigenvalue weighted by Crippen LogP contribution is 2.40. The fourth-order valence-electron chi connectivity index (χ4n) is 1.91. The molecule has 0 spiro atoms. The number of pyridine rings is 1. The molecule has 1 aliphatic rings. The summed E-state index contributed by atoms with van der Waals surface area (Å²) in [7, 11) is 0. The number of hydrogen-bond acceptors (Lipinski definition) is 3. The molecule has 0 amide bonds. The average molecular weight is 255 g/mol. The minimum absolute atomic E-state index is 0.149. The van der Waals surface area contributed by atoms with E-state index in [2.05, 4.69) is 17.1 Å². The molecule has 0 bridgehead atoms. The minimum atomic E-state index is -0.993. The van der Waals surface area contributed by atoms with E-state index in [1.165, 1.54) is 30.7 Å². The van der Waals surface area contributed by atoms with E-state index in [0.29, 0.717) is 11.6 Å². The van der Waals surface area contributed by atoms with Crippen molar-refractivity contribution in [1.29, 1.82) is 0 Å². The molecule has 0 aliphatic heterocycles. The van der Waals surface area contributed by atoms with Crippen LogP contribution >= 0.6 is 0 Å². The normalized spacial score (nSPS) is 14.1. The summed E-state index contributed by atoms with van der Waals surface area (Å²) >= 11 is 0. The molecule has 19 heavy (non-hydrogen) atoms. The summed E-state index contributed by atoms with van der Waals surface area (Å²) in [5.74, 6) is 0.832. The van der Waals surface area contributed by atoms with Gasteiger partial charge in [0.2, 0.25) is 5.88 Å². The number of nitrogens with zero attached hydrogens (tertiary/aromatic N) is 1. The molecule has 0 atom stereocenters. The summed E-state index contributed by atoms with van der Waals surface area (Å²) in [6.07, 6.45) is 3.84. The second-order valence-corrected chi connectivity index (χ2v) is 4.64. The van der Waals surface area contributed by atoms with Crippen molar-refractivity contribution in [2.24, 2.45) is 0 Å². The van der Waals surface area contributed by atoms with Gasteiger partial charge in [0.15, 0.2) is 0 Å². The van der Waals surface area contributed by atoms with Crippen molar-refractivity contribution in [3.8, 4) is 11.6 Å². The Hall–Kier alpha value is -2.36. The number of carbonyl (C=O) groups is 1. The van der Waals surface area contributed by atoms with E-state index in [1.807, 2.05) is 12.1 Å². The van der Waals surface area contributed by atoms with Crippen LogP contribution in [-0.2, 0) is 0 Å². The molecule has 96 valence electrons. The van der Waals surface area contributed by atoms with Gasteiger partial charge in [0.05, 0.1) is 5.56 Å². The molecule has 0 saturated heterocycles. The zero-order valence-electron chi connectivity index (χ0n) is 10.2. The molecule has 1 fully saturated rings. The van der Waals surface area contributed by atoms with E-state index in [-0.39, 0.29) is 5.56 Å². The maximum Gasteiger partial charge on any atom is 0.337 e. The highest BCUT2D eigenvalue weighted by atomic mass is 16.5. The van der Waals surface area contributed by atoms with Crippen LogP contribution in [0.5, 0.6) is 11.6 Å². The molecule has 4 nitrogen and oxygen atoms in total. The van der Waals surface area contributed by atoms with Crippen LogP contribution in [0.2, 0.25) is 0 Å². The van der Waals surface area contributed by atoms with E-state index in [9.17, 15) is 4.79 Å². The Balaban J connectivity index is 1.71. The first-order chi connectivity index (χ1) is 9.22. The van der Waals surface area contributed by atoms with Gasteiger partial charge in [-0.3, -0.25) is 0 Å². The predicted octanol–water partition coefficient (Wildman–Crippen LogP) is 3.45. The van der Waals surface area contributed by atoms with Crippen molar-refractivity contribution < 1.29 is 14.6 Å². The summed E-state index contributed by atoms with van der Waals surface area (Å²) in [5, 5.41) is 8.77. The van der Waals surface area contributed by atoms with E-state index in [1.54, 1.807) is 6.07 Å². The summed E-state index contributed by atoms with van der Waals surface area (Å²) < 4.78 is 5.56. The molecular formula is C15H13NO3. The molecule has 1 aliphatic carbocycles. The average Bonchev–Trinajstić information content (AvgIpc) is 3.25. The Labute approximate surface area is 110 Å². The first-order valence-electron chi connectivity index (χ1n) is 6.19. The Morgan fingerprint density at radius 3 is 2.42 bits per heavy atom. The van der Waals surface area contributed by atoms with Gasteiger partial charge in [0.25, 0.3) is 0 Å². The first-order valence-corrected chi connectivity index (χ1v) is 6.19. The van der Waals surface area contributed by atoms with Crippen LogP contribution in [0.4, 0.5) is 0 Å². The fourth-order valence-corrected chi connectivity index (χ4v) is 1.91. The molecule has 4 heteroatoms. The van der Waals surface area contributed by atoms with E-state index >= 15 is 0 Å². The Morgan fingerprint density at radius 1 is 1.16 bits per heavy atom. The van der Waals surface area contributed by atoms with Crippen molar-refractivity contribution >= 4 is 5.97 Å². The second-order valence-electron chi connectivity index (χ2n) is 4.64. The van der Waals surface area contributed by atoms with Crippen LogP contribution in [0.15, 0.2) is 42.6 Å². The van der Waals surface area contributed by atoms with Crippen molar-refractivity contribution in [2.75, 3.05) is 0 Å². The smallest absolute Gasteiger partial charge is 0.337 e. The third-order valence-corrected chi connectivity index (χ3v) is 3.13. The highest BCUT2D eigenvalue weighted by molar-refractivity contribution is 5.87. The quantitative estimate of drug-likeness (QED) is 0.909. The monoisotopic (exact) mass is 255 g/mol. The van der Waals surface area contributed by atoms with E-state index < -0.39 is 5.97 Å². The molecular weight excluding hydrogens is 242 g/mol. The largest absolute Gasteiger partial charge is 0.478 e. The van der Waals surface area contributed by atoms with Crippen LogP contribution in [0.25, 0.3) is 0 Å². The molecule has 2 aromatic rings. The van der Waals surface area contributed by atoms with Gasteiger partial charge < -0.3 is 9.84 Å². The van der Waals surface area contributed by atoms with Crippen molar-refractivity contribution in [2.45, 2.75) is 18.8 Å². The molecule has 1 heterocycles. The molecule has 1 aromatic heterocycles. The Bertz CT molecular complexity index is 586. The number of carboxylic acid groups (broad SMARTS) is 1. The number of carboxylic acids is 1. The maximum absolute atomic E-state index is 10.7. The van der Waals surface area contributed by atoms with Gasteiger partial charge in [0, 0.05) is 12.3 Å². The lowest BCUT2D eigenvalue weighted by molar-refractivity contribution is 0.0696. The summed E-state index contributed by atoms with van der Waals surface area (Å²) in [6.45, 7) is 0. The number of aromatic carboxylic acids is 1. The summed E-state index contributed by atoms with van der Waals surface area (Å²) in [6, 6.07) is 11.0. The van der Waals surface area contributed by atoms with Crippen molar-refractivity contribution in [3.05, 3.63) is 53.7 Å². The SMILES string of the molecule is O=C(O)c1ccc(Oc2ccc(C3CC3)cc2)nc1. The lowest BCUT2D eigenvalue weighted by Crippen LogP contribution is -1.97. The molecule has 1 saturated carbocycles. The van der Waals surface area contributed by atoms with Gasteiger partial charge in [-0.1, -0.05) is 12.1 Å². The van der Waals surface area contributed by atoms with Gasteiger partial charge in [-0.25, -0.2) is 9.78 Å². The van der Waals surface area contributed by atoms with Gasteiger partial charge in [-0.2, -0.15) is 0 Å². The number of hydrogen-bond donors (Lipinski definition) is 1. The molecule has 0 unspecified atom stereocenters. The molecule has 1 N–H and O–H groups in total. The van der Waals surface area contributed by atoms with Crippen molar-refractivity contribution in [1.82, 2.24) is 4.98 Å². The summed E-state index contributed by atoms with van der Waals surface area (Å²) in [4.78, 5) is 14.7. The molecule has 1 aromatic carbocycles. The summed E-state index contributed by atoms with van der Waals surface area (Å²) in [5.41, 5.74) is 1.50. The van der Waals surface area contributed by atoms with Crippen LogP contribution in [0, 0.1) is 0 Å². The zero-order chi connectivity index (χ0) is 13.2. The number of benzene rings is 1. The number of ether oxygens (including phenoxy) is 1. The second kappa shape index (κ2) is 4.72. The Morgan fingerprint density at radius 2 is 1.89 bits per heavy atom. The third-order valence-electron chi connectivity index (χ3n) is 3.13. The standard InChI is InChI=1S/C15H13NO3/c17-15(18)12-5-8-14(16-9-12)19-13-6-3-11(4-7-13)10-1-2-10/h3-10H,1-2H2,(H,17,18). The van der Waals surface area contributed by atoms with Crippen molar-refractivity contribution in [3.63, 3.8) is 0 Å². The van der Waals surface area contributed by atoms with Gasteiger partial charge in [0.1, 0.15) is 5.75 Å². The van der Waals surface area contributed by atoms with Gasteiger partial charge >= 0.3 is 5.97 Å². The number of rotatable bonds is 4.